The van der Waals surface area contributed by atoms with Gasteiger partial charge in [0.05, 0.1) is 5.69 Å². The predicted octanol–water partition coefficient (Wildman–Crippen LogP) is 6.05. The van der Waals surface area contributed by atoms with Gasteiger partial charge in [-0.2, -0.15) is 5.10 Å². The zero-order chi connectivity index (χ0) is 18.5. The molecule has 2 N–H and O–H groups in total. The smallest absolute Gasteiger partial charge is 0.152 e. The summed E-state index contributed by atoms with van der Waals surface area (Å²) in [4.78, 5) is 0. The zero-order valence-electron chi connectivity index (χ0n) is 14.5. The van der Waals surface area contributed by atoms with Crippen LogP contribution in [0, 0.1) is 0 Å². The number of halogens is 1. The molecule has 4 nitrogen and oxygen atoms in total. The summed E-state index contributed by atoms with van der Waals surface area (Å²) in [6.45, 7) is 0.553. The molecule has 0 bridgehead atoms. The number of anilines is 2. The van der Waals surface area contributed by atoms with Crippen molar-refractivity contribution in [2.24, 2.45) is 0 Å². The molecule has 1 aromatic heterocycles. The summed E-state index contributed by atoms with van der Waals surface area (Å²) in [5, 5.41) is 11.3. The highest BCUT2D eigenvalue weighted by Gasteiger charge is 2.04. The molecule has 0 saturated heterocycles. The van der Waals surface area contributed by atoms with Gasteiger partial charge >= 0.3 is 0 Å². The lowest BCUT2D eigenvalue weighted by molar-refractivity contribution is 0.306. The van der Waals surface area contributed by atoms with E-state index in [4.69, 9.17) is 16.3 Å². The van der Waals surface area contributed by atoms with Crippen LogP contribution in [0.4, 0.5) is 11.5 Å². The van der Waals surface area contributed by atoms with E-state index in [1.807, 2.05) is 84.9 Å². The maximum atomic E-state index is 5.93. The van der Waals surface area contributed by atoms with Gasteiger partial charge in [0.2, 0.25) is 0 Å². The predicted molar refractivity (Wildman–Crippen MR) is 110 cm³/mol. The largest absolute Gasteiger partial charge is 0.489 e. The van der Waals surface area contributed by atoms with Gasteiger partial charge in [-0.1, -0.05) is 54.1 Å². The van der Waals surface area contributed by atoms with E-state index in [-0.39, 0.29) is 0 Å². The van der Waals surface area contributed by atoms with Crippen LogP contribution in [-0.2, 0) is 6.61 Å². The summed E-state index contributed by atoms with van der Waals surface area (Å²) in [7, 11) is 0. The molecule has 134 valence electrons. The molecular weight excluding hydrogens is 358 g/mol. The Labute approximate surface area is 162 Å². The van der Waals surface area contributed by atoms with E-state index in [1.165, 1.54) is 0 Å². The Balaban J connectivity index is 1.38. The molecule has 1 heterocycles. The number of hydrogen-bond donors (Lipinski definition) is 2. The second-order valence-corrected chi connectivity index (χ2v) is 6.53. The van der Waals surface area contributed by atoms with Crippen LogP contribution >= 0.6 is 11.6 Å². The lowest BCUT2D eigenvalue weighted by Gasteiger charge is -2.08. The Morgan fingerprint density at radius 3 is 2.37 bits per heavy atom. The summed E-state index contributed by atoms with van der Waals surface area (Å²) in [5.74, 6) is 1.58. The van der Waals surface area contributed by atoms with Gasteiger partial charge < -0.3 is 10.1 Å². The van der Waals surface area contributed by atoms with E-state index in [0.29, 0.717) is 11.6 Å². The summed E-state index contributed by atoms with van der Waals surface area (Å²) in [5.41, 5.74) is 4.05. The number of H-pyrrole nitrogens is 1. The average molecular weight is 376 g/mol. The van der Waals surface area contributed by atoms with Gasteiger partial charge in [-0.05, 0) is 47.5 Å². The van der Waals surface area contributed by atoms with E-state index < -0.39 is 0 Å². The molecular formula is C22H18ClN3O. The minimum Gasteiger partial charge on any atom is -0.489 e. The van der Waals surface area contributed by atoms with E-state index in [2.05, 4.69) is 15.5 Å². The van der Waals surface area contributed by atoms with Crippen molar-refractivity contribution in [1.29, 1.82) is 0 Å². The average Bonchev–Trinajstić information content (AvgIpc) is 3.17. The Morgan fingerprint density at radius 2 is 1.63 bits per heavy atom. The van der Waals surface area contributed by atoms with Crippen LogP contribution in [-0.4, -0.2) is 10.2 Å². The lowest BCUT2D eigenvalue weighted by Crippen LogP contribution is -1.95. The van der Waals surface area contributed by atoms with Gasteiger partial charge in [0, 0.05) is 16.8 Å². The fraction of sp³-hybridized carbons (Fsp3) is 0.0455. The molecule has 0 fully saturated rings. The minimum atomic E-state index is 0.553. The highest BCUT2D eigenvalue weighted by Crippen LogP contribution is 2.24. The number of hydrogen-bond acceptors (Lipinski definition) is 3. The third-order valence-electron chi connectivity index (χ3n) is 4.11. The van der Waals surface area contributed by atoms with Crippen molar-refractivity contribution in [2.75, 3.05) is 5.32 Å². The first-order valence-corrected chi connectivity index (χ1v) is 8.99. The van der Waals surface area contributed by atoms with E-state index >= 15 is 0 Å². The molecule has 0 saturated carbocycles. The first-order chi connectivity index (χ1) is 13.3. The van der Waals surface area contributed by atoms with Crippen molar-refractivity contribution in [3.05, 3.63) is 95.5 Å². The highest BCUT2D eigenvalue weighted by atomic mass is 35.5. The van der Waals surface area contributed by atoms with Gasteiger partial charge in [-0.15, -0.1) is 0 Å². The Morgan fingerprint density at radius 1 is 0.889 bits per heavy atom. The van der Waals surface area contributed by atoms with E-state index in [9.17, 15) is 0 Å². The van der Waals surface area contributed by atoms with Gasteiger partial charge in [-0.3, -0.25) is 5.10 Å². The maximum Gasteiger partial charge on any atom is 0.152 e. The number of aromatic nitrogens is 2. The Kier molecular flexibility index (Phi) is 5.08. The first kappa shape index (κ1) is 17.2. The van der Waals surface area contributed by atoms with E-state index in [0.717, 1.165) is 34.1 Å². The number of nitrogens with one attached hydrogen (secondary N) is 2. The van der Waals surface area contributed by atoms with Crippen LogP contribution in [0.25, 0.3) is 11.3 Å². The fourth-order valence-electron chi connectivity index (χ4n) is 2.69. The summed E-state index contributed by atoms with van der Waals surface area (Å²) in [6, 6.07) is 27.5. The molecule has 0 aliphatic carbocycles. The molecule has 0 aliphatic rings. The third-order valence-corrected chi connectivity index (χ3v) is 4.36. The van der Waals surface area contributed by atoms with Crippen LogP contribution in [0.1, 0.15) is 5.56 Å². The van der Waals surface area contributed by atoms with Crippen molar-refractivity contribution in [2.45, 2.75) is 6.61 Å². The third kappa shape index (κ3) is 4.49. The summed E-state index contributed by atoms with van der Waals surface area (Å²) >= 11 is 5.93. The number of ether oxygens (including phenoxy) is 1. The van der Waals surface area contributed by atoms with Crippen molar-refractivity contribution < 1.29 is 4.74 Å². The van der Waals surface area contributed by atoms with Crippen LogP contribution < -0.4 is 10.1 Å². The minimum absolute atomic E-state index is 0.553. The molecule has 4 rings (SSSR count). The van der Waals surface area contributed by atoms with Crippen molar-refractivity contribution in [3.63, 3.8) is 0 Å². The van der Waals surface area contributed by atoms with Crippen molar-refractivity contribution in [3.8, 4) is 17.0 Å². The maximum absolute atomic E-state index is 5.93. The SMILES string of the molecule is Clc1ccc(-c2cc(Nc3ccc(OCc4ccccc4)cc3)n[nH]2)cc1. The molecule has 4 aromatic rings. The van der Waals surface area contributed by atoms with Crippen LogP contribution in [0.5, 0.6) is 5.75 Å². The summed E-state index contributed by atoms with van der Waals surface area (Å²) < 4.78 is 5.81. The number of aromatic amines is 1. The zero-order valence-corrected chi connectivity index (χ0v) is 15.3. The summed E-state index contributed by atoms with van der Waals surface area (Å²) in [6.07, 6.45) is 0. The van der Waals surface area contributed by atoms with Gasteiger partial charge in [0.15, 0.2) is 5.82 Å². The topological polar surface area (TPSA) is 49.9 Å². The fourth-order valence-corrected chi connectivity index (χ4v) is 2.81. The lowest BCUT2D eigenvalue weighted by atomic mass is 10.1. The Bertz CT molecular complexity index is 996. The van der Waals surface area contributed by atoms with Gasteiger partial charge in [-0.25, -0.2) is 0 Å². The van der Waals surface area contributed by atoms with Crippen molar-refractivity contribution >= 4 is 23.1 Å². The first-order valence-electron chi connectivity index (χ1n) is 8.61. The highest BCUT2D eigenvalue weighted by molar-refractivity contribution is 6.30. The van der Waals surface area contributed by atoms with E-state index in [1.54, 1.807) is 0 Å². The number of benzene rings is 3. The van der Waals surface area contributed by atoms with Gasteiger partial charge in [0.25, 0.3) is 0 Å². The monoisotopic (exact) mass is 375 g/mol. The normalized spacial score (nSPS) is 10.6. The molecule has 0 aliphatic heterocycles. The molecule has 0 atom stereocenters. The molecule has 0 radical (unpaired) electrons. The molecule has 27 heavy (non-hydrogen) atoms. The standard InChI is InChI=1S/C22H18ClN3O/c23-18-8-6-17(7-9-18)21-14-22(26-25-21)24-19-10-12-20(13-11-19)27-15-16-4-2-1-3-5-16/h1-14H,15H2,(H2,24,25,26). The van der Waals surface area contributed by atoms with Crippen LogP contribution in [0.15, 0.2) is 84.9 Å². The quantitative estimate of drug-likeness (QED) is 0.431. The second-order valence-electron chi connectivity index (χ2n) is 6.10. The van der Waals surface area contributed by atoms with Gasteiger partial charge in [0.1, 0.15) is 12.4 Å². The molecule has 0 spiro atoms. The van der Waals surface area contributed by atoms with Crippen molar-refractivity contribution in [1.82, 2.24) is 10.2 Å². The van der Waals surface area contributed by atoms with Crippen LogP contribution in [0.3, 0.4) is 0 Å². The second kappa shape index (κ2) is 7.98. The molecule has 0 amide bonds. The Hall–Kier alpha value is -3.24. The molecule has 3 aromatic carbocycles. The number of nitrogens with zero attached hydrogens (tertiary/aromatic N) is 1. The molecule has 5 heteroatoms. The number of rotatable bonds is 6. The molecule has 0 unspecified atom stereocenters. The van der Waals surface area contributed by atoms with Crippen LogP contribution in [0.2, 0.25) is 5.02 Å².